The van der Waals surface area contributed by atoms with E-state index in [-0.39, 0.29) is 32.2 Å². The van der Waals surface area contributed by atoms with Crippen LogP contribution in [-0.2, 0) is 40.0 Å². The molecule has 0 radical (unpaired) electrons. The van der Waals surface area contributed by atoms with Crippen LogP contribution >= 0.6 is 0 Å². The van der Waals surface area contributed by atoms with Crippen molar-refractivity contribution in [3.63, 3.8) is 0 Å². The largest absolute Gasteiger partial charge is 0.502 e. The maximum atomic E-state index is 13.0. The van der Waals surface area contributed by atoms with Gasteiger partial charge in [0, 0.05) is 6.08 Å². The lowest BCUT2D eigenvalue weighted by Gasteiger charge is -2.23. The smallest absolute Gasteiger partial charge is 0.408 e. The number of nitrogens with one attached hydrogen (secondary N) is 2. The second-order valence-corrected chi connectivity index (χ2v) is 9.55. The van der Waals surface area contributed by atoms with Crippen molar-refractivity contribution in [2.45, 2.75) is 72.1 Å². The first kappa shape index (κ1) is 38.6. The fourth-order valence-electron chi connectivity index (χ4n) is 3.37. The highest BCUT2D eigenvalue weighted by molar-refractivity contribution is 6.02. The molecule has 1 aromatic carbocycles. The molecule has 13 nitrogen and oxygen atoms in total. The molecule has 2 unspecified atom stereocenters. The van der Waals surface area contributed by atoms with Crippen molar-refractivity contribution in [1.82, 2.24) is 10.6 Å². The van der Waals surface area contributed by atoms with Crippen molar-refractivity contribution >= 4 is 29.7 Å². The van der Waals surface area contributed by atoms with Crippen LogP contribution in [0.4, 0.5) is 4.79 Å². The van der Waals surface area contributed by atoms with Gasteiger partial charge in [0.1, 0.15) is 12.6 Å². The van der Waals surface area contributed by atoms with E-state index < -0.39 is 53.3 Å². The molecule has 0 aliphatic rings. The molecule has 1 aromatic rings. The van der Waals surface area contributed by atoms with Crippen molar-refractivity contribution in [2.75, 3.05) is 19.8 Å². The maximum Gasteiger partial charge on any atom is 0.408 e. The molecule has 2 amide bonds. The topological polar surface area (TPSA) is 204 Å². The summed E-state index contributed by atoms with van der Waals surface area (Å²) in [5.74, 6) is -4.38. The molecule has 0 saturated heterocycles. The Morgan fingerprint density at radius 1 is 0.907 bits per heavy atom. The predicted molar refractivity (Wildman–Crippen MR) is 159 cm³/mol. The SMILES string of the molecule is C=C(O)C(=O)OCC.CCOC(=O)/C(O)=C\C(=O)C(CCCCN)NC(=O)C(CC(C)C)NC(=O)OCc1ccccc1. The minimum absolute atomic E-state index is 0.0323. The van der Waals surface area contributed by atoms with Crippen molar-refractivity contribution in [1.29, 1.82) is 0 Å². The zero-order valence-electron chi connectivity index (χ0n) is 25.3. The molecule has 0 bridgehead atoms. The summed E-state index contributed by atoms with van der Waals surface area (Å²) in [5.41, 5.74) is 6.32. The highest BCUT2D eigenvalue weighted by Gasteiger charge is 2.27. The first-order valence-corrected chi connectivity index (χ1v) is 14.0. The van der Waals surface area contributed by atoms with Gasteiger partial charge in [-0.2, -0.15) is 0 Å². The van der Waals surface area contributed by atoms with Gasteiger partial charge in [0.2, 0.25) is 11.7 Å². The number of carbonyl (C=O) groups is 5. The van der Waals surface area contributed by atoms with Gasteiger partial charge in [0.25, 0.3) is 0 Å². The fourth-order valence-corrected chi connectivity index (χ4v) is 3.37. The van der Waals surface area contributed by atoms with E-state index in [0.717, 1.165) is 11.6 Å². The van der Waals surface area contributed by atoms with E-state index in [4.69, 9.17) is 15.6 Å². The highest BCUT2D eigenvalue weighted by Crippen LogP contribution is 2.10. The number of esters is 2. The Hall–Kier alpha value is -4.39. The van der Waals surface area contributed by atoms with Gasteiger partial charge in [-0.3, -0.25) is 9.59 Å². The maximum absolute atomic E-state index is 13.0. The van der Waals surface area contributed by atoms with Gasteiger partial charge in [0.05, 0.1) is 19.3 Å². The van der Waals surface area contributed by atoms with Crippen molar-refractivity contribution in [3.8, 4) is 0 Å². The normalized spacial score (nSPS) is 12.1. The van der Waals surface area contributed by atoms with Crippen molar-refractivity contribution in [2.24, 2.45) is 11.7 Å². The van der Waals surface area contributed by atoms with Crippen LogP contribution in [0.5, 0.6) is 0 Å². The number of hydrogen-bond acceptors (Lipinski definition) is 11. The molecule has 0 fully saturated rings. The first-order valence-electron chi connectivity index (χ1n) is 14.0. The average molecular weight is 608 g/mol. The molecular formula is C30H45N3O10. The Morgan fingerprint density at radius 3 is 2.02 bits per heavy atom. The van der Waals surface area contributed by atoms with E-state index in [1.807, 2.05) is 44.2 Å². The van der Waals surface area contributed by atoms with Gasteiger partial charge in [-0.15, -0.1) is 0 Å². The standard InChI is InChI=1S/C25H37N3O7.C5H8O3/c1-4-34-24(32)22(30)15-21(29)19(12-8-9-13-26)27-23(31)20(14-17(2)3)28-25(33)35-16-18-10-6-5-7-11-18;1-3-8-5(7)4(2)6/h5-7,10-11,15,17,19-20,30H,4,8-9,12-14,16,26H2,1-3H3,(H,27,31)(H,28,33);6H,2-3H2,1H3/b22-15+;. The Kier molecular flexibility index (Phi) is 20.0. The van der Waals surface area contributed by atoms with Crippen molar-refractivity contribution < 1.29 is 48.4 Å². The summed E-state index contributed by atoms with van der Waals surface area (Å²) in [6.45, 7) is 10.7. The Balaban J connectivity index is 0.00000192. The summed E-state index contributed by atoms with van der Waals surface area (Å²) in [7, 11) is 0. The van der Waals surface area contributed by atoms with Gasteiger partial charge in [-0.1, -0.05) is 44.2 Å². The summed E-state index contributed by atoms with van der Waals surface area (Å²) >= 11 is 0. The Bertz CT molecular complexity index is 1070. The number of benzene rings is 1. The van der Waals surface area contributed by atoms with Crippen LogP contribution in [0.1, 0.15) is 58.9 Å². The zero-order valence-corrected chi connectivity index (χ0v) is 25.3. The number of unbranched alkanes of at least 4 members (excludes halogenated alkanes) is 1. The lowest BCUT2D eigenvalue weighted by Crippen LogP contribution is -2.52. The van der Waals surface area contributed by atoms with Crippen LogP contribution in [0.25, 0.3) is 0 Å². The van der Waals surface area contributed by atoms with E-state index in [1.54, 1.807) is 13.8 Å². The van der Waals surface area contributed by atoms with E-state index in [9.17, 15) is 29.1 Å². The molecule has 0 aliphatic carbocycles. The number of nitrogens with two attached hydrogens (primary N) is 1. The van der Waals surface area contributed by atoms with E-state index in [1.165, 1.54) is 0 Å². The average Bonchev–Trinajstić information content (AvgIpc) is 2.96. The zero-order chi connectivity index (χ0) is 32.8. The number of amides is 2. The lowest BCUT2D eigenvalue weighted by atomic mass is 10.0. The third kappa shape index (κ3) is 17.9. The molecule has 1 rings (SSSR count). The molecule has 0 aromatic heterocycles. The number of hydrogen-bond donors (Lipinski definition) is 5. The molecule has 0 aliphatic heterocycles. The van der Waals surface area contributed by atoms with Gasteiger partial charge in [0.15, 0.2) is 11.5 Å². The molecule has 13 heteroatoms. The van der Waals surface area contributed by atoms with Gasteiger partial charge < -0.3 is 40.8 Å². The molecule has 6 N–H and O–H groups in total. The van der Waals surface area contributed by atoms with Gasteiger partial charge in [-0.05, 0) is 64.1 Å². The Labute approximate surface area is 252 Å². The summed E-state index contributed by atoms with van der Waals surface area (Å²) in [6.07, 6.45) is 1.67. The lowest BCUT2D eigenvalue weighted by molar-refractivity contribution is -0.142. The minimum Gasteiger partial charge on any atom is -0.502 e. The number of aliphatic hydroxyl groups is 2. The van der Waals surface area contributed by atoms with Crippen LogP contribution in [0.2, 0.25) is 0 Å². The number of aliphatic hydroxyl groups excluding tert-OH is 2. The molecule has 43 heavy (non-hydrogen) atoms. The predicted octanol–water partition coefficient (Wildman–Crippen LogP) is 3.14. The molecule has 0 heterocycles. The number of ketones is 1. The van der Waals surface area contributed by atoms with Crippen LogP contribution < -0.4 is 16.4 Å². The monoisotopic (exact) mass is 607 g/mol. The Morgan fingerprint density at radius 2 is 1.51 bits per heavy atom. The van der Waals surface area contributed by atoms with Gasteiger partial charge >= 0.3 is 18.0 Å². The van der Waals surface area contributed by atoms with E-state index in [2.05, 4.69) is 26.7 Å². The number of ether oxygens (including phenoxy) is 3. The summed E-state index contributed by atoms with van der Waals surface area (Å²) < 4.78 is 14.2. The number of carbonyl (C=O) groups excluding carboxylic acids is 5. The second-order valence-electron chi connectivity index (χ2n) is 9.55. The van der Waals surface area contributed by atoms with Crippen LogP contribution in [0.15, 0.2) is 54.5 Å². The molecule has 240 valence electrons. The fraction of sp³-hybridized carbons (Fsp3) is 0.500. The van der Waals surface area contributed by atoms with Gasteiger partial charge in [-0.25, -0.2) is 14.4 Å². The summed E-state index contributed by atoms with van der Waals surface area (Å²) in [4.78, 5) is 59.9. The third-order valence-corrected chi connectivity index (χ3v) is 5.41. The number of rotatable bonds is 17. The molecule has 0 saturated carbocycles. The highest BCUT2D eigenvalue weighted by atomic mass is 16.6. The minimum atomic E-state index is -1.03. The van der Waals surface area contributed by atoms with Crippen LogP contribution in [0, 0.1) is 5.92 Å². The van der Waals surface area contributed by atoms with E-state index >= 15 is 0 Å². The van der Waals surface area contributed by atoms with Crippen LogP contribution in [-0.4, -0.2) is 71.8 Å². The van der Waals surface area contributed by atoms with Crippen molar-refractivity contribution in [3.05, 3.63) is 60.1 Å². The quantitative estimate of drug-likeness (QED) is 0.0572. The summed E-state index contributed by atoms with van der Waals surface area (Å²) in [6, 6.07) is 7.13. The second kappa shape index (κ2) is 22.2. The third-order valence-electron chi connectivity index (χ3n) is 5.41. The number of alkyl carbamates (subject to hydrolysis) is 1. The molecular weight excluding hydrogens is 562 g/mol. The molecule has 2 atom stereocenters. The van der Waals surface area contributed by atoms with Crippen LogP contribution in [0.3, 0.4) is 0 Å². The van der Waals surface area contributed by atoms with E-state index in [0.29, 0.717) is 25.8 Å². The molecule has 0 spiro atoms. The first-order chi connectivity index (χ1) is 20.4. The summed E-state index contributed by atoms with van der Waals surface area (Å²) in [5, 5.41) is 23.3.